The van der Waals surface area contributed by atoms with Gasteiger partial charge in [0.2, 0.25) is 0 Å². The van der Waals surface area contributed by atoms with Gasteiger partial charge in [-0.15, -0.1) is 11.3 Å². The Kier molecular flexibility index (Phi) is 3.54. The van der Waals surface area contributed by atoms with Crippen LogP contribution in [-0.4, -0.2) is 25.4 Å². The normalized spacial score (nSPS) is 26.5. The van der Waals surface area contributed by atoms with E-state index in [-0.39, 0.29) is 0 Å². The fourth-order valence-electron chi connectivity index (χ4n) is 2.28. The minimum Gasteiger partial charge on any atom is -0.335 e. The molecule has 1 aliphatic rings. The van der Waals surface area contributed by atoms with Crippen LogP contribution in [0.5, 0.6) is 0 Å². The first-order valence-electron chi connectivity index (χ1n) is 5.66. The quantitative estimate of drug-likeness (QED) is 0.770. The summed E-state index contributed by atoms with van der Waals surface area (Å²) in [6.07, 6.45) is 4.55. The lowest BCUT2D eigenvalue weighted by molar-refractivity contribution is -0.910. The molecule has 0 aromatic carbocycles. The number of nitrogens with one attached hydrogen (secondary N) is 1. The van der Waals surface area contributed by atoms with E-state index in [4.69, 9.17) is 0 Å². The van der Waals surface area contributed by atoms with Gasteiger partial charge in [0, 0.05) is 6.42 Å². The van der Waals surface area contributed by atoms with Crippen LogP contribution in [0, 0.1) is 0 Å². The Morgan fingerprint density at radius 1 is 1.60 bits per heavy atom. The van der Waals surface area contributed by atoms with E-state index in [0.717, 1.165) is 11.3 Å². The number of hydrogen-bond acceptors (Lipinski definition) is 2. The zero-order chi connectivity index (χ0) is 10.7. The summed E-state index contributed by atoms with van der Waals surface area (Å²) in [5.74, 6) is 0.330. The first-order chi connectivity index (χ1) is 7.27. The van der Waals surface area contributed by atoms with E-state index in [1.54, 1.807) is 11.3 Å². The van der Waals surface area contributed by atoms with Crippen molar-refractivity contribution in [3.63, 3.8) is 0 Å². The molecular weight excluding hydrogens is 206 g/mol. The molecule has 82 valence electrons. The summed E-state index contributed by atoms with van der Waals surface area (Å²) in [5.41, 5.74) is 0. The van der Waals surface area contributed by atoms with Gasteiger partial charge in [0.1, 0.15) is 0 Å². The number of likely N-dealkylation sites (tertiary alicyclic amines) is 1. The summed E-state index contributed by atoms with van der Waals surface area (Å²) in [7, 11) is 2.21. The lowest BCUT2D eigenvalue weighted by Crippen LogP contribution is -3.13. The van der Waals surface area contributed by atoms with Gasteiger partial charge in [-0.1, -0.05) is 6.07 Å². The van der Waals surface area contributed by atoms with Crippen LogP contribution in [0.2, 0.25) is 0 Å². The smallest absolute Gasteiger partial charge is 0.178 e. The second-order valence-corrected chi connectivity index (χ2v) is 5.34. The number of carbonyl (C=O) groups is 1. The summed E-state index contributed by atoms with van der Waals surface area (Å²) in [5, 5.41) is 1.98. The second kappa shape index (κ2) is 4.90. The highest BCUT2D eigenvalue weighted by Crippen LogP contribution is 2.14. The molecule has 2 rings (SSSR count). The largest absolute Gasteiger partial charge is 0.335 e. The van der Waals surface area contributed by atoms with Crippen molar-refractivity contribution in [1.82, 2.24) is 0 Å². The van der Waals surface area contributed by atoms with E-state index in [9.17, 15) is 4.79 Å². The maximum Gasteiger partial charge on any atom is 0.178 e. The number of Topliss-reactive ketones (excluding diaryl/α,β-unsaturated/α-hetero) is 1. The monoisotopic (exact) mass is 224 g/mol. The molecule has 1 aliphatic heterocycles. The van der Waals surface area contributed by atoms with Gasteiger partial charge in [-0.25, -0.2) is 0 Å². The fourth-order valence-corrected chi connectivity index (χ4v) is 2.96. The number of thiophene rings is 1. The Labute approximate surface area is 94.9 Å². The van der Waals surface area contributed by atoms with E-state index >= 15 is 0 Å². The zero-order valence-corrected chi connectivity index (χ0v) is 9.98. The van der Waals surface area contributed by atoms with Crippen LogP contribution in [0.1, 0.15) is 35.4 Å². The van der Waals surface area contributed by atoms with Gasteiger partial charge in [0.15, 0.2) is 5.78 Å². The molecule has 15 heavy (non-hydrogen) atoms. The van der Waals surface area contributed by atoms with Crippen molar-refractivity contribution in [3.05, 3.63) is 22.4 Å². The Bertz CT molecular complexity index is 320. The van der Waals surface area contributed by atoms with Crippen molar-refractivity contribution >= 4 is 17.1 Å². The average Bonchev–Trinajstić information content (AvgIpc) is 2.74. The van der Waals surface area contributed by atoms with E-state index in [1.807, 2.05) is 17.5 Å². The molecule has 1 saturated heterocycles. The molecule has 2 atom stereocenters. The predicted octanol–water partition coefficient (Wildman–Crippen LogP) is 1.39. The van der Waals surface area contributed by atoms with Crippen molar-refractivity contribution in [3.8, 4) is 0 Å². The number of carbonyl (C=O) groups excluding carboxylic acids is 1. The molecule has 1 fully saturated rings. The van der Waals surface area contributed by atoms with Crippen LogP contribution in [0.4, 0.5) is 0 Å². The number of ketones is 1. The molecule has 0 radical (unpaired) electrons. The first kappa shape index (κ1) is 10.8. The molecule has 2 heterocycles. The lowest BCUT2D eigenvalue weighted by Gasteiger charge is -2.28. The van der Waals surface area contributed by atoms with Gasteiger partial charge >= 0.3 is 0 Å². The number of rotatable bonds is 3. The number of quaternary nitrogens is 1. The van der Waals surface area contributed by atoms with Crippen LogP contribution in [0.15, 0.2) is 17.5 Å². The van der Waals surface area contributed by atoms with Gasteiger partial charge in [0.05, 0.1) is 30.9 Å². The molecule has 1 N–H and O–H groups in total. The third kappa shape index (κ3) is 2.67. The fraction of sp³-hybridized carbons (Fsp3) is 0.583. The topological polar surface area (TPSA) is 21.5 Å². The lowest BCUT2D eigenvalue weighted by atomic mass is 9.98. The third-order valence-electron chi connectivity index (χ3n) is 3.30. The Morgan fingerprint density at radius 3 is 3.13 bits per heavy atom. The molecule has 0 aliphatic carbocycles. The molecule has 3 heteroatoms. The van der Waals surface area contributed by atoms with Gasteiger partial charge in [-0.2, -0.15) is 0 Å². The molecule has 1 aromatic rings. The van der Waals surface area contributed by atoms with Crippen LogP contribution in [0.25, 0.3) is 0 Å². The molecule has 0 spiro atoms. The van der Waals surface area contributed by atoms with Crippen LogP contribution >= 0.6 is 11.3 Å². The van der Waals surface area contributed by atoms with Crippen molar-refractivity contribution < 1.29 is 9.69 Å². The summed E-state index contributed by atoms with van der Waals surface area (Å²) in [6.45, 7) is 1.22. The van der Waals surface area contributed by atoms with E-state index in [2.05, 4.69) is 7.05 Å². The summed E-state index contributed by atoms with van der Waals surface area (Å²) in [4.78, 5) is 14.4. The Morgan fingerprint density at radius 2 is 2.47 bits per heavy atom. The van der Waals surface area contributed by atoms with E-state index < -0.39 is 0 Å². The Hall–Kier alpha value is -0.670. The zero-order valence-electron chi connectivity index (χ0n) is 9.16. The Balaban J connectivity index is 1.93. The van der Waals surface area contributed by atoms with Crippen LogP contribution in [0.3, 0.4) is 0 Å². The third-order valence-corrected chi connectivity index (χ3v) is 4.21. The molecule has 2 nitrogen and oxygen atoms in total. The van der Waals surface area contributed by atoms with Crippen molar-refractivity contribution in [2.75, 3.05) is 13.6 Å². The van der Waals surface area contributed by atoms with Crippen molar-refractivity contribution in [2.24, 2.45) is 0 Å². The standard InChI is InChI=1S/C12H17NOS/c1-13-7-3-2-5-10(13)9-11(14)12-6-4-8-15-12/h4,6,8,10H,2-3,5,7,9H2,1H3/p+1. The molecule has 2 unspecified atom stereocenters. The molecule has 0 saturated carbocycles. The van der Waals surface area contributed by atoms with Crippen molar-refractivity contribution in [2.45, 2.75) is 31.7 Å². The van der Waals surface area contributed by atoms with Crippen LogP contribution in [-0.2, 0) is 0 Å². The summed E-state index contributed by atoms with van der Waals surface area (Å²) >= 11 is 1.56. The maximum atomic E-state index is 11.9. The maximum absolute atomic E-state index is 11.9. The summed E-state index contributed by atoms with van der Waals surface area (Å²) in [6, 6.07) is 4.44. The highest BCUT2D eigenvalue weighted by molar-refractivity contribution is 7.12. The van der Waals surface area contributed by atoms with Gasteiger partial charge in [-0.3, -0.25) is 4.79 Å². The average molecular weight is 224 g/mol. The highest BCUT2D eigenvalue weighted by Gasteiger charge is 2.25. The highest BCUT2D eigenvalue weighted by atomic mass is 32.1. The van der Waals surface area contributed by atoms with Gasteiger partial charge in [0.25, 0.3) is 0 Å². The number of piperidine rings is 1. The van der Waals surface area contributed by atoms with Crippen molar-refractivity contribution in [1.29, 1.82) is 0 Å². The van der Waals surface area contributed by atoms with E-state index in [0.29, 0.717) is 11.8 Å². The molecule has 0 amide bonds. The minimum absolute atomic E-state index is 0.330. The SMILES string of the molecule is C[NH+]1CCCCC1CC(=O)c1cccs1. The minimum atomic E-state index is 0.330. The molecule has 0 bridgehead atoms. The predicted molar refractivity (Wildman–Crippen MR) is 62.7 cm³/mol. The van der Waals surface area contributed by atoms with Gasteiger partial charge < -0.3 is 4.90 Å². The molecular formula is C12H18NOS+. The first-order valence-corrected chi connectivity index (χ1v) is 6.54. The van der Waals surface area contributed by atoms with Crippen LogP contribution < -0.4 is 4.90 Å². The number of hydrogen-bond donors (Lipinski definition) is 1. The summed E-state index contributed by atoms with van der Waals surface area (Å²) < 4.78 is 0. The van der Waals surface area contributed by atoms with E-state index in [1.165, 1.54) is 30.7 Å². The molecule has 1 aromatic heterocycles. The van der Waals surface area contributed by atoms with Gasteiger partial charge in [-0.05, 0) is 24.3 Å². The second-order valence-electron chi connectivity index (χ2n) is 4.39.